The van der Waals surface area contributed by atoms with Gasteiger partial charge in [0.1, 0.15) is 22.5 Å². The molecule has 0 bridgehead atoms. The van der Waals surface area contributed by atoms with Gasteiger partial charge in [0.15, 0.2) is 6.61 Å². The zero-order chi connectivity index (χ0) is 28.4. The highest BCUT2D eigenvalue weighted by Crippen LogP contribution is 2.29. The van der Waals surface area contributed by atoms with E-state index in [9.17, 15) is 13.6 Å². The van der Waals surface area contributed by atoms with E-state index in [0.717, 1.165) is 16.3 Å². The average Bonchev–Trinajstić information content (AvgIpc) is 3.66. The molecule has 1 amide bonds. The van der Waals surface area contributed by atoms with Crippen LogP contribution in [0.1, 0.15) is 20.3 Å². The van der Waals surface area contributed by atoms with Crippen molar-refractivity contribution in [1.82, 2.24) is 29.6 Å². The second-order valence-corrected chi connectivity index (χ2v) is 8.94. The third-order valence-corrected chi connectivity index (χ3v) is 6.12. The maximum Gasteiger partial charge on any atom is 0.272 e. The minimum Gasteiger partial charge on any atom is -0.469 e. The van der Waals surface area contributed by atoms with Gasteiger partial charge in [-0.3, -0.25) is 9.48 Å². The number of amides is 1. The van der Waals surface area contributed by atoms with E-state index >= 15 is 0 Å². The fourth-order valence-corrected chi connectivity index (χ4v) is 4.21. The molecule has 0 aliphatic carbocycles. The smallest absolute Gasteiger partial charge is 0.272 e. The van der Waals surface area contributed by atoms with Crippen LogP contribution in [-0.2, 0) is 11.8 Å². The van der Waals surface area contributed by atoms with Gasteiger partial charge in [0.2, 0.25) is 5.95 Å². The van der Waals surface area contributed by atoms with Crippen molar-refractivity contribution >= 4 is 28.9 Å². The molecule has 0 radical (unpaired) electrons. The number of alkyl halides is 2. The number of aliphatic hydroxyl groups is 1. The van der Waals surface area contributed by atoms with Crippen LogP contribution < -0.4 is 10.1 Å². The van der Waals surface area contributed by atoms with Gasteiger partial charge in [-0.05, 0) is 12.5 Å². The van der Waals surface area contributed by atoms with E-state index in [4.69, 9.17) is 9.84 Å². The summed E-state index contributed by atoms with van der Waals surface area (Å²) in [6.45, 7) is 3.95. The molecule has 10 nitrogen and oxygen atoms in total. The number of hydrogen-bond donors (Lipinski definition) is 2. The first kappa shape index (κ1) is 29.6. The second-order valence-electron chi connectivity index (χ2n) is 8.08. The molecule has 208 valence electrons. The lowest BCUT2D eigenvalue weighted by atomic mass is 10.2. The molecule has 13 heteroatoms. The number of thiazole rings is 1. The minimum absolute atomic E-state index is 0.0572. The standard InChI is InChI=1S/C19H16F2N6OS.C5H9NO2.C2H6/c1-27-9-14(17(26-27)28-10-16(20)21)25-19-22-8-7-13(24-19)15-11-29-18(23-15)12-5-3-2-4-6-12;1-6-3-2-4(7)5(6)8;1-2/h2-9,11,16H,10H2,1H3,(H,22,24,25);4,7H,2-3H2,1H3;1-2H3. The zero-order valence-electron chi connectivity index (χ0n) is 22.1. The number of rotatable bonds is 7. The number of hydrogen-bond acceptors (Lipinski definition) is 9. The van der Waals surface area contributed by atoms with Crippen molar-refractivity contribution in [1.29, 1.82) is 0 Å². The van der Waals surface area contributed by atoms with Gasteiger partial charge in [-0.15, -0.1) is 16.4 Å². The Labute approximate surface area is 229 Å². The molecule has 1 fully saturated rings. The largest absolute Gasteiger partial charge is 0.469 e. The molecule has 0 saturated carbocycles. The minimum atomic E-state index is -2.59. The van der Waals surface area contributed by atoms with Gasteiger partial charge in [-0.25, -0.2) is 23.7 Å². The van der Waals surface area contributed by atoms with Crippen LogP contribution in [0.15, 0.2) is 54.2 Å². The molecule has 4 heterocycles. The van der Waals surface area contributed by atoms with Crippen LogP contribution in [0.5, 0.6) is 5.88 Å². The van der Waals surface area contributed by atoms with Gasteiger partial charge in [0.05, 0.1) is 11.9 Å². The Kier molecular flexibility index (Phi) is 10.8. The molecule has 5 rings (SSSR count). The van der Waals surface area contributed by atoms with Crippen LogP contribution in [0, 0.1) is 0 Å². The summed E-state index contributed by atoms with van der Waals surface area (Å²) in [7, 11) is 3.36. The summed E-state index contributed by atoms with van der Waals surface area (Å²) in [5.41, 5.74) is 2.79. The summed E-state index contributed by atoms with van der Waals surface area (Å²) in [4.78, 5) is 25.4. The first-order valence-electron chi connectivity index (χ1n) is 12.3. The van der Waals surface area contributed by atoms with Gasteiger partial charge in [-0.2, -0.15) is 0 Å². The topological polar surface area (TPSA) is 118 Å². The Hall–Kier alpha value is -3.97. The fraction of sp³-hybridized carbons (Fsp3) is 0.346. The summed E-state index contributed by atoms with van der Waals surface area (Å²) in [6.07, 6.45) is 0.484. The van der Waals surface area contributed by atoms with Crippen molar-refractivity contribution in [3.63, 3.8) is 0 Å². The molecule has 1 aromatic carbocycles. The number of aryl methyl sites for hydroxylation is 1. The van der Waals surface area contributed by atoms with Gasteiger partial charge < -0.3 is 20.1 Å². The van der Waals surface area contributed by atoms with Gasteiger partial charge in [0.25, 0.3) is 18.2 Å². The first-order chi connectivity index (χ1) is 18.8. The molecular formula is C26H31F2N7O3S. The molecule has 1 unspecified atom stereocenters. The molecule has 1 atom stereocenters. The van der Waals surface area contributed by atoms with Crippen molar-refractivity contribution in [3.8, 4) is 27.8 Å². The Balaban J connectivity index is 0.000000357. The van der Waals surface area contributed by atoms with E-state index < -0.39 is 19.1 Å². The number of halogens is 2. The van der Waals surface area contributed by atoms with Crippen molar-refractivity contribution in [2.75, 3.05) is 25.5 Å². The molecule has 4 aromatic rings. The SMILES string of the molecule is CC.CN1CCC(O)C1=O.Cn1cc(Nc2nccc(-c3csc(-c4ccccc4)n3)n2)c(OCC(F)F)n1. The van der Waals surface area contributed by atoms with E-state index in [1.165, 1.54) is 20.9 Å². The van der Waals surface area contributed by atoms with E-state index in [-0.39, 0.29) is 17.7 Å². The van der Waals surface area contributed by atoms with Gasteiger partial charge in [-0.1, -0.05) is 44.2 Å². The number of aromatic nitrogens is 5. The van der Waals surface area contributed by atoms with E-state index in [0.29, 0.717) is 24.3 Å². The highest BCUT2D eigenvalue weighted by atomic mass is 32.1. The maximum absolute atomic E-state index is 12.4. The molecule has 2 N–H and O–H groups in total. The number of carbonyl (C=O) groups is 1. The highest BCUT2D eigenvalue weighted by molar-refractivity contribution is 7.13. The number of benzene rings is 1. The summed E-state index contributed by atoms with van der Waals surface area (Å²) in [5, 5.41) is 18.6. The number of ether oxygens (including phenoxy) is 1. The predicted molar refractivity (Wildman–Crippen MR) is 146 cm³/mol. The summed E-state index contributed by atoms with van der Waals surface area (Å²) >= 11 is 1.53. The molecule has 39 heavy (non-hydrogen) atoms. The Morgan fingerprint density at radius 2 is 1.90 bits per heavy atom. The molecule has 1 aliphatic rings. The fourth-order valence-electron chi connectivity index (χ4n) is 3.39. The number of likely N-dealkylation sites (tertiary alicyclic amines) is 1. The van der Waals surface area contributed by atoms with Gasteiger partial charge in [0, 0.05) is 37.8 Å². The number of nitrogens with one attached hydrogen (secondary N) is 1. The van der Waals surface area contributed by atoms with E-state index in [2.05, 4.69) is 25.4 Å². The van der Waals surface area contributed by atoms with Gasteiger partial charge >= 0.3 is 0 Å². The normalized spacial score (nSPS) is 14.4. The van der Waals surface area contributed by atoms with Crippen molar-refractivity contribution in [2.24, 2.45) is 7.05 Å². The number of anilines is 2. The van der Waals surface area contributed by atoms with E-state index in [1.807, 2.05) is 49.6 Å². The molecular weight excluding hydrogens is 528 g/mol. The van der Waals surface area contributed by atoms with E-state index in [1.54, 1.807) is 32.6 Å². The van der Waals surface area contributed by atoms with Crippen LogP contribution in [0.4, 0.5) is 20.4 Å². The molecule has 1 aliphatic heterocycles. The number of carbonyl (C=O) groups excluding carboxylic acids is 1. The van der Waals surface area contributed by atoms with Crippen molar-refractivity contribution in [2.45, 2.75) is 32.8 Å². The summed E-state index contributed by atoms with van der Waals surface area (Å²) in [6, 6.07) is 11.6. The monoisotopic (exact) mass is 559 g/mol. The zero-order valence-corrected chi connectivity index (χ0v) is 22.9. The molecule has 0 spiro atoms. The van der Waals surface area contributed by atoms with Crippen molar-refractivity contribution in [3.05, 3.63) is 54.2 Å². The van der Waals surface area contributed by atoms with Crippen LogP contribution in [0.3, 0.4) is 0 Å². The summed E-state index contributed by atoms with van der Waals surface area (Å²) in [5.74, 6) is 0.193. The number of likely N-dealkylation sites (N-methyl/N-ethyl adjacent to an activating group) is 1. The number of aliphatic hydroxyl groups excluding tert-OH is 1. The maximum atomic E-state index is 12.4. The average molecular weight is 560 g/mol. The Morgan fingerprint density at radius 3 is 2.51 bits per heavy atom. The predicted octanol–water partition coefficient (Wildman–Crippen LogP) is 4.62. The quantitative estimate of drug-likeness (QED) is 0.337. The highest BCUT2D eigenvalue weighted by Gasteiger charge is 2.26. The molecule has 1 saturated heterocycles. The summed E-state index contributed by atoms with van der Waals surface area (Å²) < 4.78 is 31.4. The van der Waals surface area contributed by atoms with Crippen LogP contribution in [-0.4, -0.2) is 73.4 Å². The van der Waals surface area contributed by atoms with Crippen LogP contribution in [0.25, 0.3) is 22.0 Å². The lowest BCUT2D eigenvalue weighted by Gasteiger charge is -2.07. The van der Waals surface area contributed by atoms with Crippen molar-refractivity contribution < 1.29 is 23.4 Å². The van der Waals surface area contributed by atoms with Crippen LogP contribution >= 0.6 is 11.3 Å². The molecule has 3 aromatic heterocycles. The van der Waals surface area contributed by atoms with Crippen LogP contribution in [0.2, 0.25) is 0 Å². The Bertz CT molecular complexity index is 1320. The second kappa shape index (κ2) is 14.3. The lowest BCUT2D eigenvalue weighted by molar-refractivity contribution is -0.133. The lowest BCUT2D eigenvalue weighted by Crippen LogP contribution is -2.24. The third kappa shape index (κ3) is 8.26. The third-order valence-electron chi connectivity index (χ3n) is 5.23. The number of nitrogens with zero attached hydrogens (tertiary/aromatic N) is 6. The Morgan fingerprint density at radius 1 is 1.15 bits per heavy atom. The first-order valence-corrected chi connectivity index (χ1v) is 13.2.